The van der Waals surface area contributed by atoms with Crippen molar-refractivity contribution >= 4 is 28.4 Å². The van der Waals surface area contributed by atoms with E-state index in [-0.39, 0.29) is 19.0 Å². The zero-order valence-corrected chi connectivity index (χ0v) is 19.0. The molecule has 168 valence electrons. The van der Waals surface area contributed by atoms with Crippen molar-refractivity contribution in [3.63, 3.8) is 0 Å². The van der Waals surface area contributed by atoms with E-state index in [9.17, 15) is 14.4 Å². The Bertz CT molecular complexity index is 1410. The highest BCUT2D eigenvalue weighted by molar-refractivity contribution is 6.30. The van der Waals surface area contributed by atoms with Crippen molar-refractivity contribution in [3.05, 3.63) is 116 Å². The number of rotatable bonds is 7. The summed E-state index contributed by atoms with van der Waals surface area (Å²) in [7, 11) is 0. The molecule has 1 heterocycles. The van der Waals surface area contributed by atoms with Crippen LogP contribution in [0.2, 0.25) is 5.02 Å². The SMILES string of the molecule is CCN(Cc1ccccc1)C(=O)Cn1c(=O)n(Cc2cccc(Cl)c2)c(=O)c2ccccc21. The average Bonchev–Trinajstić information content (AvgIpc) is 2.83. The zero-order chi connectivity index (χ0) is 23.4. The van der Waals surface area contributed by atoms with Crippen LogP contribution < -0.4 is 11.2 Å². The molecule has 7 heteroatoms. The van der Waals surface area contributed by atoms with Crippen molar-refractivity contribution in [3.8, 4) is 0 Å². The van der Waals surface area contributed by atoms with Gasteiger partial charge < -0.3 is 4.90 Å². The topological polar surface area (TPSA) is 64.3 Å². The van der Waals surface area contributed by atoms with Crippen LogP contribution in [-0.4, -0.2) is 26.5 Å². The minimum absolute atomic E-state index is 0.0682. The molecule has 0 spiro atoms. The Morgan fingerprint density at radius 3 is 2.30 bits per heavy atom. The highest BCUT2D eigenvalue weighted by atomic mass is 35.5. The van der Waals surface area contributed by atoms with E-state index in [4.69, 9.17) is 11.6 Å². The molecule has 6 nitrogen and oxygen atoms in total. The number of nitrogens with zero attached hydrogens (tertiary/aromatic N) is 3. The Morgan fingerprint density at radius 1 is 0.879 bits per heavy atom. The number of fused-ring (bicyclic) bond motifs is 1. The standard InChI is InChI=1S/C26H24ClN3O3/c1-2-28(16-19-9-4-3-5-10-19)24(31)18-29-23-14-7-6-13-22(23)25(32)30(26(29)33)17-20-11-8-12-21(27)15-20/h3-15H,2,16-18H2,1H3. The van der Waals surface area contributed by atoms with Crippen LogP contribution >= 0.6 is 11.6 Å². The van der Waals surface area contributed by atoms with Gasteiger partial charge >= 0.3 is 5.69 Å². The third-order valence-corrected chi connectivity index (χ3v) is 5.84. The van der Waals surface area contributed by atoms with Crippen molar-refractivity contribution in [1.82, 2.24) is 14.0 Å². The van der Waals surface area contributed by atoms with Crippen LogP contribution in [0, 0.1) is 0 Å². The fourth-order valence-corrected chi connectivity index (χ4v) is 4.11. The van der Waals surface area contributed by atoms with E-state index in [1.165, 1.54) is 4.57 Å². The molecule has 0 bridgehead atoms. The molecule has 0 N–H and O–H groups in total. The van der Waals surface area contributed by atoms with Gasteiger partial charge in [0, 0.05) is 18.1 Å². The van der Waals surface area contributed by atoms with Crippen molar-refractivity contribution in [2.75, 3.05) is 6.54 Å². The maximum absolute atomic E-state index is 13.4. The lowest BCUT2D eigenvalue weighted by Crippen LogP contribution is -2.43. The smallest absolute Gasteiger partial charge is 0.332 e. The van der Waals surface area contributed by atoms with Gasteiger partial charge in [0.25, 0.3) is 5.56 Å². The third-order valence-electron chi connectivity index (χ3n) is 5.61. The Labute approximate surface area is 196 Å². The molecule has 0 aliphatic heterocycles. The van der Waals surface area contributed by atoms with Gasteiger partial charge in [-0.3, -0.25) is 18.7 Å². The molecule has 0 fully saturated rings. The van der Waals surface area contributed by atoms with Gasteiger partial charge in [-0.25, -0.2) is 4.79 Å². The first-order chi connectivity index (χ1) is 16.0. The molecule has 3 aromatic carbocycles. The normalized spacial score (nSPS) is 11.0. The molecule has 0 aliphatic carbocycles. The fraction of sp³-hybridized carbons (Fsp3) is 0.192. The first-order valence-electron chi connectivity index (χ1n) is 10.8. The summed E-state index contributed by atoms with van der Waals surface area (Å²) in [6.45, 7) is 2.77. The van der Waals surface area contributed by atoms with Gasteiger partial charge in [-0.2, -0.15) is 0 Å². The number of likely N-dealkylation sites (N-methyl/N-ethyl adjacent to an activating group) is 1. The second kappa shape index (κ2) is 9.88. The summed E-state index contributed by atoms with van der Waals surface area (Å²) in [5.41, 5.74) is 1.27. The van der Waals surface area contributed by atoms with Gasteiger partial charge in [0.05, 0.1) is 17.4 Å². The number of carbonyl (C=O) groups excluding carboxylic acids is 1. The number of halogens is 1. The Hall–Kier alpha value is -3.64. The summed E-state index contributed by atoms with van der Waals surface area (Å²) in [6, 6.07) is 23.6. The Kier molecular flexibility index (Phi) is 6.75. The van der Waals surface area contributed by atoms with E-state index >= 15 is 0 Å². The van der Waals surface area contributed by atoms with Crippen LogP contribution in [0.1, 0.15) is 18.1 Å². The van der Waals surface area contributed by atoms with Crippen molar-refractivity contribution in [1.29, 1.82) is 0 Å². The van der Waals surface area contributed by atoms with Crippen molar-refractivity contribution in [2.45, 2.75) is 26.6 Å². The van der Waals surface area contributed by atoms with E-state index in [1.807, 2.05) is 37.3 Å². The predicted molar refractivity (Wildman–Crippen MR) is 131 cm³/mol. The number of aromatic nitrogens is 2. The summed E-state index contributed by atoms with van der Waals surface area (Å²) in [5.74, 6) is -0.193. The second-order valence-corrected chi connectivity index (χ2v) is 8.24. The quantitative estimate of drug-likeness (QED) is 0.419. The molecular weight excluding hydrogens is 438 g/mol. The maximum atomic E-state index is 13.4. The molecule has 4 rings (SSSR count). The lowest BCUT2D eigenvalue weighted by Gasteiger charge is -2.22. The van der Waals surface area contributed by atoms with E-state index in [1.54, 1.807) is 53.4 Å². The molecule has 4 aromatic rings. The van der Waals surface area contributed by atoms with Gasteiger partial charge in [0.1, 0.15) is 6.54 Å². The van der Waals surface area contributed by atoms with Gasteiger partial charge in [0.2, 0.25) is 5.91 Å². The number of hydrogen-bond acceptors (Lipinski definition) is 3. The van der Waals surface area contributed by atoms with E-state index in [0.717, 1.165) is 15.7 Å². The molecule has 0 unspecified atom stereocenters. The Morgan fingerprint density at radius 2 is 1.58 bits per heavy atom. The first kappa shape index (κ1) is 22.6. The number of carbonyl (C=O) groups is 1. The molecule has 33 heavy (non-hydrogen) atoms. The van der Waals surface area contributed by atoms with Gasteiger partial charge in [-0.1, -0.05) is 66.2 Å². The van der Waals surface area contributed by atoms with Crippen molar-refractivity contribution < 1.29 is 4.79 Å². The lowest BCUT2D eigenvalue weighted by atomic mass is 10.2. The van der Waals surface area contributed by atoms with Crippen LogP contribution in [0.4, 0.5) is 0 Å². The highest BCUT2D eigenvalue weighted by Gasteiger charge is 2.18. The molecule has 0 radical (unpaired) electrons. The van der Waals surface area contributed by atoms with Crippen LogP contribution in [-0.2, 0) is 24.4 Å². The summed E-state index contributed by atoms with van der Waals surface area (Å²) in [5, 5.41) is 0.911. The summed E-state index contributed by atoms with van der Waals surface area (Å²) >= 11 is 6.08. The number of amides is 1. The van der Waals surface area contributed by atoms with E-state index in [2.05, 4.69) is 0 Å². The molecular formula is C26H24ClN3O3. The highest BCUT2D eigenvalue weighted by Crippen LogP contribution is 2.13. The van der Waals surface area contributed by atoms with Gasteiger partial charge in [0.15, 0.2) is 0 Å². The van der Waals surface area contributed by atoms with Gasteiger partial charge in [-0.05, 0) is 42.3 Å². The van der Waals surface area contributed by atoms with Crippen molar-refractivity contribution in [2.24, 2.45) is 0 Å². The predicted octanol–water partition coefficient (Wildman–Crippen LogP) is 3.91. The third kappa shape index (κ3) is 4.91. The average molecular weight is 462 g/mol. The molecule has 0 atom stereocenters. The summed E-state index contributed by atoms with van der Waals surface area (Å²) in [4.78, 5) is 41.5. The van der Waals surface area contributed by atoms with Gasteiger partial charge in [-0.15, -0.1) is 0 Å². The minimum atomic E-state index is -0.525. The maximum Gasteiger partial charge on any atom is 0.332 e. The molecule has 0 saturated heterocycles. The molecule has 0 aliphatic rings. The largest absolute Gasteiger partial charge is 0.337 e. The number of hydrogen-bond donors (Lipinski definition) is 0. The Balaban J connectivity index is 1.74. The van der Waals surface area contributed by atoms with E-state index < -0.39 is 11.2 Å². The number of para-hydroxylation sites is 1. The lowest BCUT2D eigenvalue weighted by molar-refractivity contribution is -0.132. The van der Waals surface area contributed by atoms with Crippen LogP contribution in [0.3, 0.4) is 0 Å². The first-order valence-corrected chi connectivity index (χ1v) is 11.1. The molecule has 1 amide bonds. The fourth-order valence-electron chi connectivity index (χ4n) is 3.90. The van der Waals surface area contributed by atoms with Crippen LogP contribution in [0.15, 0.2) is 88.5 Å². The monoisotopic (exact) mass is 461 g/mol. The number of benzene rings is 3. The summed E-state index contributed by atoms with van der Waals surface area (Å²) in [6.07, 6.45) is 0. The van der Waals surface area contributed by atoms with E-state index in [0.29, 0.717) is 29.0 Å². The van der Waals surface area contributed by atoms with Crippen LogP contribution in [0.5, 0.6) is 0 Å². The second-order valence-electron chi connectivity index (χ2n) is 7.80. The van der Waals surface area contributed by atoms with Crippen LogP contribution in [0.25, 0.3) is 10.9 Å². The zero-order valence-electron chi connectivity index (χ0n) is 18.3. The molecule has 1 aromatic heterocycles. The minimum Gasteiger partial charge on any atom is -0.337 e. The summed E-state index contributed by atoms with van der Waals surface area (Å²) < 4.78 is 2.55. The molecule has 0 saturated carbocycles.